The normalized spacial score (nSPS) is 10.6. The summed E-state index contributed by atoms with van der Waals surface area (Å²) in [7, 11) is 0. The van der Waals surface area contributed by atoms with Crippen LogP contribution in [-0.2, 0) is 19.1 Å². The Morgan fingerprint density at radius 3 is 2.04 bits per heavy atom. The summed E-state index contributed by atoms with van der Waals surface area (Å²) in [5.74, 6) is -1.23. The van der Waals surface area contributed by atoms with Gasteiger partial charge in [-0.25, -0.2) is 4.79 Å². The average molecular weight is 343 g/mol. The van der Waals surface area contributed by atoms with Crippen LogP contribution in [0, 0.1) is 0 Å². The summed E-state index contributed by atoms with van der Waals surface area (Å²) in [5, 5.41) is 5.09. The number of anilines is 2. The third-order valence-electron chi connectivity index (χ3n) is 2.33. The summed E-state index contributed by atoms with van der Waals surface area (Å²) in [4.78, 5) is 34.3. The molecule has 1 aromatic carbocycles. The molecule has 126 valence electrons. The zero-order chi connectivity index (χ0) is 17.5. The fraction of sp³-hybridized carbons (Fsp3) is 0.400. The molecule has 0 saturated heterocycles. The predicted molar refractivity (Wildman–Crippen MR) is 86.4 cm³/mol. The van der Waals surface area contributed by atoms with Gasteiger partial charge in [-0.05, 0) is 45.0 Å². The van der Waals surface area contributed by atoms with Gasteiger partial charge in [-0.15, -0.1) is 0 Å². The molecule has 2 N–H and O–H groups in total. The Balaban J connectivity index is 2.52. The SMILES string of the molecule is CC(C)(C)OC(=O)Nc1ccc(NC(=O)CC(=O)OCCl)cc1. The minimum atomic E-state index is -0.708. The first-order chi connectivity index (χ1) is 10.7. The van der Waals surface area contributed by atoms with Gasteiger partial charge in [0, 0.05) is 11.4 Å². The minimum absolute atomic E-state index is 0.294. The standard InChI is InChI=1S/C15H19ClN2O5/c1-15(2,3)23-14(21)18-11-6-4-10(5-7-11)17-12(19)8-13(20)22-9-16/h4-7H,8-9H2,1-3H3,(H,17,19)(H,18,21). The van der Waals surface area contributed by atoms with Crippen molar-refractivity contribution in [3.63, 3.8) is 0 Å². The van der Waals surface area contributed by atoms with Crippen molar-refractivity contribution in [2.75, 3.05) is 16.7 Å². The Bertz CT molecular complexity index is 566. The second-order valence-electron chi connectivity index (χ2n) is 5.55. The van der Waals surface area contributed by atoms with Crippen LogP contribution in [0.2, 0.25) is 0 Å². The highest BCUT2D eigenvalue weighted by atomic mass is 35.5. The highest BCUT2D eigenvalue weighted by Crippen LogP contribution is 2.15. The number of rotatable bonds is 5. The number of alkyl halides is 1. The van der Waals surface area contributed by atoms with E-state index in [-0.39, 0.29) is 6.07 Å². The second-order valence-corrected chi connectivity index (χ2v) is 5.77. The topological polar surface area (TPSA) is 93.7 Å². The molecule has 8 heteroatoms. The molecule has 7 nitrogen and oxygen atoms in total. The van der Waals surface area contributed by atoms with Crippen LogP contribution in [0.3, 0.4) is 0 Å². The van der Waals surface area contributed by atoms with E-state index in [2.05, 4.69) is 15.4 Å². The van der Waals surface area contributed by atoms with Gasteiger partial charge >= 0.3 is 12.1 Å². The lowest BCUT2D eigenvalue weighted by molar-refractivity contribution is -0.143. The quantitative estimate of drug-likeness (QED) is 0.487. The van der Waals surface area contributed by atoms with E-state index in [0.717, 1.165) is 0 Å². The second kappa shape index (κ2) is 8.38. The molecule has 0 saturated carbocycles. The third-order valence-corrected chi connectivity index (χ3v) is 2.44. The number of amides is 2. The zero-order valence-corrected chi connectivity index (χ0v) is 13.9. The molecule has 1 aromatic rings. The van der Waals surface area contributed by atoms with Crippen LogP contribution in [0.1, 0.15) is 27.2 Å². The van der Waals surface area contributed by atoms with Crippen LogP contribution in [0.5, 0.6) is 0 Å². The van der Waals surface area contributed by atoms with Crippen LogP contribution in [0.4, 0.5) is 16.2 Å². The Labute approximate surface area is 139 Å². The molecule has 0 atom stereocenters. The smallest absolute Gasteiger partial charge is 0.412 e. The molecule has 0 aliphatic rings. The molecule has 23 heavy (non-hydrogen) atoms. The Kier molecular flexibility index (Phi) is 6.84. The lowest BCUT2D eigenvalue weighted by atomic mass is 10.2. The van der Waals surface area contributed by atoms with E-state index >= 15 is 0 Å². The Morgan fingerprint density at radius 1 is 1.04 bits per heavy atom. The highest BCUT2D eigenvalue weighted by Gasteiger charge is 2.16. The van der Waals surface area contributed by atoms with E-state index in [1.165, 1.54) is 0 Å². The van der Waals surface area contributed by atoms with Crippen molar-refractivity contribution in [1.29, 1.82) is 0 Å². The molecule has 0 heterocycles. The number of nitrogens with one attached hydrogen (secondary N) is 2. The summed E-state index contributed by atoms with van der Waals surface area (Å²) >= 11 is 5.22. The summed E-state index contributed by atoms with van der Waals surface area (Å²) < 4.78 is 9.58. The molecule has 0 bridgehead atoms. The molecule has 0 fully saturated rings. The molecule has 0 radical (unpaired) electrons. The Morgan fingerprint density at radius 2 is 1.57 bits per heavy atom. The number of ether oxygens (including phenoxy) is 2. The van der Waals surface area contributed by atoms with E-state index in [0.29, 0.717) is 11.4 Å². The number of hydrogen-bond acceptors (Lipinski definition) is 5. The van der Waals surface area contributed by atoms with Crippen LogP contribution >= 0.6 is 11.6 Å². The molecule has 0 aliphatic heterocycles. The van der Waals surface area contributed by atoms with Crippen molar-refractivity contribution < 1.29 is 23.9 Å². The van der Waals surface area contributed by atoms with Gasteiger partial charge in [0.25, 0.3) is 0 Å². The van der Waals surface area contributed by atoms with Gasteiger partial charge in [-0.2, -0.15) is 0 Å². The molecular weight excluding hydrogens is 324 g/mol. The van der Waals surface area contributed by atoms with Crippen molar-refractivity contribution in [1.82, 2.24) is 0 Å². The van der Waals surface area contributed by atoms with Gasteiger partial charge in [0.2, 0.25) is 5.91 Å². The monoisotopic (exact) mass is 342 g/mol. The van der Waals surface area contributed by atoms with Crippen molar-refractivity contribution in [3.05, 3.63) is 24.3 Å². The number of carbonyl (C=O) groups is 3. The van der Waals surface area contributed by atoms with Gasteiger partial charge in [-0.1, -0.05) is 11.6 Å². The van der Waals surface area contributed by atoms with Crippen molar-refractivity contribution in [2.45, 2.75) is 32.8 Å². The lowest BCUT2D eigenvalue weighted by Crippen LogP contribution is -2.27. The van der Waals surface area contributed by atoms with Gasteiger partial charge in [-0.3, -0.25) is 14.9 Å². The first-order valence-electron chi connectivity index (χ1n) is 6.81. The number of halogens is 1. The Hall–Kier alpha value is -2.28. The number of hydrogen-bond donors (Lipinski definition) is 2. The molecule has 0 aliphatic carbocycles. The molecule has 0 unspecified atom stereocenters. The minimum Gasteiger partial charge on any atom is -0.449 e. The fourth-order valence-corrected chi connectivity index (χ4v) is 1.63. The van der Waals surface area contributed by atoms with Gasteiger partial charge in [0.1, 0.15) is 12.0 Å². The fourth-order valence-electron chi connectivity index (χ4n) is 1.51. The van der Waals surface area contributed by atoms with E-state index in [1.54, 1.807) is 45.0 Å². The van der Waals surface area contributed by atoms with E-state index < -0.39 is 30.0 Å². The summed E-state index contributed by atoms with van der Waals surface area (Å²) in [6, 6.07) is 6.05. The maximum Gasteiger partial charge on any atom is 0.412 e. The van der Waals surface area contributed by atoms with E-state index in [1.807, 2.05) is 0 Å². The van der Waals surface area contributed by atoms with Crippen molar-refractivity contribution >= 4 is 40.9 Å². The third kappa shape index (κ3) is 8.06. The summed E-state index contributed by atoms with van der Waals surface area (Å²) in [5.41, 5.74) is 0.400. The zero-order valence-electron chi connectivity index (χ0n) is 13.1. The van der Waals surface area contributed by atoms with Crippen LogP contribution in [0.15, 0.2) is 24.3 Å². The van der Waals surface area contributed by atoms with E-state index in [9.17, 15) is 14.4 Å². The van der Waals surface area contributed by atoms with Crippen LogP contribution in [0.25, 0.3) is 0 Å². The maximum atomic E-state index is 11.6. The molecule has 1 rings (SSSR count). The highest BCUT2D eigenvalue weighted by molar-refractivity contribution is 6.17. The van der Waals surface area contributed by atoms with Gasteiger partial charge in [0.15, 0.2) is 6.07 Å². The van der Waals surface area contributed by atoms with Crippen LogP contribution < -0.4 is 10.6 Å². The van der Waals surface area contributed by atoms with Gasteiger partial charge in [0.05, 0.1) is 0 Å². The van der Waals surface area contributed by atoms with Crippen molar-refractivity contribution in [3.8, 4) is 0 Å². The molecule has 0 aromatic heterocycles. The number of carbonyl (C=O) groups excluding carboxylic acids is 3. The first kappa shape index (κ1) is 18.8. The van der Waals surface area contributed by atoms with Crippen LogP contribution in [-0.4, -0.2) is 29.6 Å². The predicted octanol–water partition coefficient (Wildman–Crippen LogP) is 3.10. The first-order valence-corrected chi connectivity index (χ1v) is 7.34. The molecule has 2 amide bonds. The number of esters is 1. The van der Waals surface area contributed by atoms with Gasteiger partial charge < -0.3 is 14.8 Å². The average Bonchev–Trinajstić information content (AvgIpc) is 2.38. The van der Waals surface area contributed by atoms with Crippen molar-refractivity contribution in [2.24, 2.45) is 0 Å². The molecular formula is C15H19ClN2O5. The number of benzene rings is 1. The maximum absolute atomic E-state index is 11.6. The summed E-state index contributed by atoms with van der Waals surface area (Å²) in [6.45, 7) is 5.29. The largest absolute Gasteiger partial charge is 0.449 e. The summed E-state index contributed by atoms with van der Waals surface area (Å²) in [6.07, 6.45) is -0.997. The van der Waals surface area contributed by atoms with E-state index in [4.69, 9.17) is 16.3 Å². The lowest BCUT2D eigenvalue weighted by Gasteiger charge is -2.19. The molecule has 0 spiro atoms.